The molecule has 0 amide bonds. The summed E-state index contributed by atoms with van der Waals surface area (Å²) in [6, 6.07) is 5.85. The topological polar surface area (TPSA) is 45.7 Å². The Morgan fingerprint density at radius 3 is 3.00 bits per heavy atom. The first-order valence-electron chi connectivity index (χ1n) is 4.92. The van der Waals surface area contributed by atoms with Crippen molar-refractivity contribution >= 4 is 28.7 Å². The largest absolute Gasteiger partial charge is 0.246 e. The molecule has 17 heavy (non-hydrogen) atoms. The molecule has 3 aromatic heterocycles. The lowest BCUT2D eigenvalue weighted by atomic mass is 10.2. The fourth-order valence-corrected chi connectivity index (χ4v) is 2.03. The van der Waals surface area contributed by atoms with Crippen LogP contribution in [0, 0.1) is 0 Å². The molecule has 0 saturated heterocycles. The molecule has 4 nitrogen and oxygen atoms in total. The summed E-state index contributed by atoms with van der Waals surface area (Å²) >= 11 is 11.9. The van der Waals surface area contributed by atoms with Gasteiger partial charge in [-0.2, -0.15) is 5.10 Å². The van der Waals surface area contributed by atoms with Crippen LogP contribution in [0.3, 0.4) is 0 Å². The summed E-state index contributed by atoms with van der Waals surface area (Å²) in [4.78, 5) is 7.99. The lowest BCUT2D eigenvalue weighted by molar-refractivity contribution is -0.576. The number of aromatic nitrogens is 4. The fraction of sp³-hybridized carbons (Fsp3) is 0. The van der Waals surface area contributed by atoms with Crippen LogP contribution >= 0.6 is 23.2 Å². The molecule has 3 heterocycles. The minimum absolute atomic E-state index is 0.180. The lowest BCUT2D eigenvalue weighted by Crippen LogP contribution is -2.21. The molecule has 0 spiro atoms. The molecule has 0 aliphatic heterocycles. The Morgan fingerprint density at radius 1 is 1.24 bits per heavy atom. The monoisotopic (exact) mass is 265 g/mol. The van der Waals surface area contributed by atoms with Crippen molar-refractivity contribution in [2.45, 2.75) is 0 Å². The summed E-state index contributed by atoms with van der Waals surface area (Å²) in [7, 11) is 0. The molecule has 0 aliphatic rings. The van der Waals surface area contributed by atoms with Crippen LogP contribution in [-0.4, -0.2) is 15.1 Å². The molecule has 0 aromatic carbocycles. The molecular formula is C11H7Cl2N4+. The van der Waals surface area contributed by atoms with Gasteiger partial charge in [0.05, 0.1) is 23.0 Å². The summed E-state index contributed by atoms with van der Waals surface area (Å²) in [6.07, 6.45) is 5.24. The van der Waals surface area contributed by atoms with Crippen LogP contribution in [0.4, 0.5) is 0 Å². The minimum Gasteiger partial charge on any atom is -0.225 e. The van der Waals surface area contributed by atoms with Crippen LogP contribution in [0.2, 0.25) is 10.3 Å². The third kappa shape index (κ3) is 1.75. The van der Waals surface area contributed by atoms with Gasteiger partial charge in [-0.1, -0.05) is 16.1 Å². The number of hydrogen-bond acceptors (Lipinski definition) is 2. The van der Waals surface area contributed by atoms with Crippen LogP contribution in [-0.2, 0) is 0 Å². The molecule has 3 rings (SSSR count). The lowest BCUT2D eigenvalue weighted by Gasteiger charge is -1.98. The highest BCUT2D eigenvalue weighted by atomic mass is 35.5. The zero-order valence-electron chi connectivity index (χ0n) is 8.56. The third-order valence-electron chi connectivity index (χ3n) is 2.45. The van der Waals surface area contributed by atoms with E-state index in [1.165, 1.54) is 6.20 Å². The van der Waals surface area contributed by atoms with E-state index in [9.17, 15) is 0 Å². The van der Waals surface area contributed by atoms with E-state index in [1.54, 1.807) is 0 Å². The van der Waals surface area contributed by atoms with Crippen LogP contribution in [0.1, 0.15) is 0 Å². The number of fused-ring (bicyclic) bond motifs is 1. The maximum absolute atomic E-state index is 6.08. The second kappa shape index (κ2) is 3.98. The summed E-state index contributed by atoms with van der Waals surface area (Å²) < 4.78 is 1.88. The van der Waals surface area contributed by atoms with Gasteiger partial charge in [0.15, 0.2) is 0 Å². The number of H-pyrrole nitrogens is 1. The summed E-state index contributed by atoms with van der Waals surface area (Å²) in [5, 5.41) is 3.74. The van der Waals surface area contributed by atoms with Crippen LogP contribution in [0.5, 0.6) is 0 Å². The van der Waals surface area contributed by atoms with Crippen molar-refractivity contribution in [1.82, 2.24) is 15.1 Å². The molecule has 0 atom stereocenters. The van der Waals surface area contributed by atoms with E-state index < -0.39 is 0 Å². The summed E-state index contributed by atoms with van der Waals surface area (Å²) in [6.45, 7) is 0. The predicted molar refractivity (Wildman–Crippen MR) is 65.0 cm³/mol. The van der Waals surface area contributed by atoms with Crippen molar-refractivity contribution in [1.29, 1.82) is 0 Å². The third-order valence-corrected chi connectivity index (χ3v) is 2.91. The van der Waals surface area contributed by atoms with E-state index in [1.807, 2.05) is 35.1 Å². The van der Waals surface area contributed by atoms with Crippen molar-refractivity contribution in [2.24, 2.45) is 0 Å². The molecule has 0 unspecified atom stereocenters. The molecule has 6 heteroatoms. The van der Waals surface area contributed by atoms with Gasteiger partial charge in [0.2, 0.25) is 17.0 Å². The van der Waals surface area contributed by atoms with Crippen LogP contribution in [0.25, 0.3) is 16.8 Å². The van der Waals surface area contributed by atoms with Crippen LogP contribution < -0.4 is 4.52 Å². The number of nitrogens with zero attached hydrogens (tertiary/aromatic N) is 3. The number of pyridine rings is 1. The normalized spacial score (nSPS) is 10.9. The molecule has 3 aromatic rings. The first-order chi connectivity index (χ1) is 8.25. The van der Waals surface area contributed by atoms with E-state index in [4.69, 9.17) is 23.2 Å². The first kappa shape index (κ1) is 10.5. The van der Waals surface area contributed by atoms with Gasteiger partial charge in [-0.25, -0.2) is 9.97 Å². The molecule has 0 saturated carbocycles. The standard InChI is InChI=1S/C11H6Cl2N4/c12-8-6-14-11(13)16-10(8)7-5-15-17-4-2-1-3-9(7)17/h1-6H/p+1. The second-order valence-corrected chi connectivity index (χ2v) is 4.22. The van der Waals surface area contributed by atoms with E-state index in [0.717, 1.165) is 11.1 Å². The molecule has 0 aliphatic carbocycles. The van der Waals surface area contributed by atoms with Crippen LogP contribution in [0.15, 0.2) is 36.8 Å². The van der Waals surface area contributed by atoms with E-state index in [0.29, 0.717) is 10.7 Å². The number of hydrogen-bond donors (Lipinski definition) is 1. The summed E-state index contributed by atoms with van der Waals surface area (Å²) in [5.41, 5.74) is 2.49. The number of aromatic amines is 1. The highest BCUT2D eigenvalue weighted by Gasteiger charge is 2.17. The number of nitrogens with one attached hydrogen (secondary N) is 1. The average Bonchev–Trinajstić information content (AvgIpc) is 2.76. The molecular weight excluding hydrogens is 259 g/mol. The van der Waals surface area contributed by atoms with Gasteiger partial charge < -0.3 is 0 Å². The Bertz CT molecular complexity index is 693. The van der Waals surface area contributed by atoms with Gasteiger partial charge in [-0.05, 0) is 17.7 Å². The van der Waals surface area contributed by atoms with Gasteiger partial charge in [0.25, 0.3) is 0 Å². The molecule has 84 valence electrons. The van der Waals surface area contributed by atoms with Gasteiger partial charge in [-0.15, -0.1) is 0 Å². The van der Waals surface area contributed by atoms with Crippen molar-refractivity contribution in [3.05, 3.63) is 47.1 Å². The van der Waals surface area contributed by atoms with E-state index >= 15 is 0 Å². The number of halogens is 2. The zero-order valence-corrected chi connectivity index (χ0v) is 10.1. The summed E-state index contributed by atoms with van der Waals surface area (Å²) in [5.74, 6) is 0. The van der Waals surface area contributed by atoms with Gasteiger partial charge in [-0.3, -0.25) is 0 Å². The van der Waals surface area contributed by atoms with Crippen molar-refractivity contribution < 1.29 is 4.52 Å². The van der Waals surface area contributed by atoms with Gasteiger partial charge in [0.1, 0.15) is 5.69 Å². The van der Waals surface area contributed by atoms with Gasteiger partial charge >= 0.3 is 0 Å². The van der Waals surface area contributed by atoms with Gasteiger partial charge in [0, 0.05) is 12.1 Å². The molecule has 0 bridgehead atoms. The Hall–Kier alpha value is -1.65. The Balaban J connectivity index is 2.31. The quantitative estimate of drug-likeness (QED) is 0.543. The van der Waals surface area contributed by atoms with Crippen molar-refractivity contribution in [2.75, 3.05) is 0 Å². The first-order valence-corrected chi connectivity index (χ1v) is 5.67. The van der Waals surface area contributed by atoms with E-state index in [2.05, 4.69) is 15.1 Å². The highest BCUT2D eigenvalue weighted by Crippen LogP contribution is 2.27. The minimum atomic E-state index is 0.180. The van der Waals surface area contributed by atoms with Crippen molar-refractivity contribution in [3.63, 3.8) is 0 Å². The maximum atomic E-state index is 6.08. The molecule has 0 fully saturated rings. The van der Waals surface area contributed by atoms with E-state index in [-0.39, 0.29) is 5.28 Å². The maximum Gasteiger partial charge on any atom is 0.246 e. The Kier molecular flexibility index (Phi) is 2.46. The highest BCUT2D eigenvalue weighted by molar-refractivity contribution is 6.33. The van der Waals surface area contributed by atoms with Crippen molar-refractivity contribution in [3.8, 4) is 11.3 Å². The second-order valence-electron chi connectivity index (χ2n) is 3.48. The average molecular weight is 266 g/mol. The Labute approximate surface area is 107 Å². The Morgan fingerprint density at radius 2 is 2.12 bits per heavy atom. The molecule has 1 N–H and O–H groups in total. The number of rotatable bonds is 1. The smallest absolute Gasteiger partial charge is 0.225 e. The SMILES string of the molecule is Clc1ncc(Cl)c(-c2c[nH][n+]3ccccc23)n1. The fourth-order valence-electron chi connectivity index (χ4n) is 1.71. The molecule has 0 radical (unpaired) electrons. The zero-order chi connectivity index (χ0) is 11.8. The predicted octanol–water partition coefficient (Wildman–Crippen LogP) is 2.52.